The van der Waals surface area contributed by atoms with Crippen molar-refractivity contribution in [1.29, 1.82) is 0 Å². The molecular weight excluding hydrogens is 493 g/mol. The minimum Gasteiger partial charge on any atom is -0.370 e. The fourth-order valence-corrected chi connectivity index (χ4v) is 6.33. The second-order valence-corrected chi connectivity index (χ2v) is 11.7. The van der Waals surface area contributed by atoms with Crippen LogP contribution in [0.15, 0.2) is 82.6 Å². The first-order chi connectivity index (χ1) is 16.3. The molecule has 0 atom stereocenters. The van der Waals surface area contributed by atoms with Crippen molar-refractivity contribution in [1.82, 2.24) is 10.2 Å². The molecule has 2 saturated heterocycles. The van der Waals surface area contributed by atoms with E-state index >= 15 is 0 Å². The molecular formula is C25H23Cl2N3O3S. The third-order valence-electron chi connectivity index (χ3n) is 6.40. The Labute approximate surface area is 209 Å². The lowest BCUT2D eigenvalue weighted by molar-refractivity contribution is 0.00766. The van der Waals surface area contributed by atoms with Gasteiger partial charge in [0.15, 0.2) is 0 Å². The maximum Gasteiger partial charge on any atom is 0.317 e. The summed E-state index contributed by atoms with van der Waals surface area (Å²) in [7, 11) is -3.52. The first-order valence-corrected chi connectivity index (χ1v) is 13.1. The lowest BCUT2D eigenvalue weighted by Gasteiger charge is -2.60. The normalized spacial score (nSPS) is 16.6. The van der Waals surface area contributed by atoms with E-state index in [0.717, 1.165) is 24.3 Å². The molecule has 0 aromatic heterocycles. The van der Waals surface area contributed by atoms with E-state index in [9.17, 15) is 13.2 Å². The third kappa shape index (κ3) is 4.35. The summed E-state index contributed by atoms with van der Waals surface area (Å²) in [5.41, 5.74) is 1.91. The summed E-state index contributed by atoms with van der Waals surface area (Å²) in [6.45, 7) is 3.42. The monoisotopic (exact) mass is 515 g/mol. The average Bonchev–Trinajstić information content (AvgIpc) is 2.77. The van der Waals surface area contributed by atoms with E-state index in [0.29, 0.717) is 29.7 Å². The van der Waals surface area contributed by atoms with Gasteiger partial charge in [0.1, 0.15) is 0 Å². The van der Waals surface area contributed by atoms with Crippen LogP contribution in [0.5, 0.6) is 0 Å². The zero-order valence-electron chi connectivity index (χ0n) is 18.2. The summed E-state index contributed by atoms with van der Waals surface area (Å²) >= 11 is 12.1. The van der Waals surface area contributed by atoms with E-state index in [1.807, 2.05) is 18.2 Å². The van der Waals surface area contributed by atoms with Crippen LogP contribution in [0, 0.1) is 5.41 Å². The van der Waals surface area contributed by atoms with Gasteiger partial charge in [0.25, 0.3) is 0 Å². The summed E-state index contributed by atoms with van der Waals surface area (Å²) in [5, 5.41) is 4.01. The molecule has 0 aliphatic carbocycles. The average molecular weight is 516 g/mol. The number of benzene rings is 3. The molecule has 2 amide bonds. The number of amides is 2. The van der Waals surface area contributed by atoms with Gasteiger partial charge in [-0.2, -0.15) is 0 Å². The number of anilines is 1. The Hall–Kier alpha value is -2.74. The molecule has 0 unspecified atom stereocenters. The van der Waals surface area contributed by atoms with Crippen molar-refractivity contribution in [3.05, 3.63) is 88.4 Å². The fourth-order valence-electron chi connectivity index (χ4n) is 4.57. The molecule has 5 rings (SSSR count). The molecule has 2 heterocycles. The standard InChI is InChI=1S/C25H23Cl2N3O3S/c26-19-7-6-18(23(27)12-19)13-28-24(31)30-16-25(17-30)14-29(15-25)20-8-10-22(11-9-20)34(32,33)21-4-2-1-3-5-21/h1-12H,13-17H2,(H,28,31). The highest BCUT2D eigenvalue weighted by atomic mass is 35.5. The van der Waals surface area contributed by atoms with Crippen molar-refractivity contribution in [2.24, 2.45) is 5.41 Å². The van der Waals surface area contributed by atoms with Gasteiger partial charge < -0.3 is 15.1 Å². The summed E-state index contributed by atoms with van der Waals surface area (Å²) in [5.74, 6) is 0. The highest BCUT2D eigenvalue weighted by molar-refractivity contribution is 7.91. The SMILES string of the molecule is O=C(NCc1ccc(Cl)cc1Cl)N1CC2(C1)CN(c1ccc(S(=O)(=O)c3ccccc3)cc1)C2. The molecule has 0 bridgehead atoms. The molecule has 1 N–H and O–H groups in total. The Morgan fingerprint density at radius 3 is 2.18 bits per heavy atom. The fraction of sp³-hybridized carbons (Fsp3) is 0.240. The van der Waals surface area contributed by atoms with Gasteiger partial charge in [-0.25, -0.2) is 13.2 Å². The molecule has 6 nitrogen and oxygen atoms in total. The number of nitrogens with zero attached hydrogens (tertiary/aromatic N) is 2. The van der Waals surface area contributed by atoms with E-state index in [1.165, 1.54) is 0 Å². The quantitative estimate of drug-likeness (QED) is 0.526. The number of hydrogen-bond donors (Lipinski definition) is 1. The minimum atomic E-state index is -3.52. The van der Waals surface area contributed by atoms with Gasteiger partial charge in [-0.1, -0.05) is 47.5 Å². The summed E-state index contributed by atoms with van der Waals surface area (Å²) in [6, 6.07) is 20.6. The third-order valence-corrected chi connectivity index (χ3v) is 8.78. The Bertz CT molecular complexity index is 1320. The molecule has 34 heavy (non-hydrogen) atoms. The van der Waals surface area contributed by atoms with E-state index in [1.54, 1.807) is 59.5 Å². The number of carbonyl (C=O) groups is 1. The van der Waals surface area contributed by atoms with Gasteiger partial charge in [0.05, 0.1) is 9.79 Å². The molecule has 9 heteroatoms. The molecule has 2 aliphatic rings. The Morgan fingerprint density at radius 1 is 0.882 bits per heavy atom. The lowest BCUT2D eigenvalue weighted by Crippen LogP contribution is -2.73. The first kappa shape index (κ1) is 23.0. The van der Waals surface area contributed by atoms with Crippen molar-refractivity contribution in [3.63, 3.8) is 0 Å². The zero-order chi connectivity index (χ0) is 23.9. The number of rotatable bonds is 5. The number of likely N-dealkylation sites (tertiary alicyclic amines) is 1. The van der Waals surface area contributed by atoms with Crippen LogP contribution in [-0.4, -0.2) is 45.5 Å². The number of urea groups is 1. The maximum atomic E-state index is 12.8. The van der Waals surface area contributed by atoms with Crippen LogP contribution >= 0.6 is 23.2 Å². The first-order valence-electron chi connectivity index (χ1n) is 10.9. The second-order valence-electron chi connectivity index (χ2n) is 8.92. The van der Waals surface area contributed by atoms with Crippen LogP contribution in [0.1, 0.15) is 5.56 Å². The molecule has 3 aromatic carbocycles. The van der Waals surface area contributed by atoms with Gasteiger partial charge in [0.2, 0.25) is 9.84 Å². The van der Waals surface area contributed by atoms with Gasteiger partial charge in [-0.3, -0.25) is 0 Å². The lowest BCUT2D eigenvalue weighted by atomic mass is 9.72. The Kier molecular flexibility index (Phi) is 5.96. The number of halogens is 2. The molecule has 0 saturated carbocycles. The zero-order valence-corrected chi connectivity index (χ0v) is 20.6. The van der Waals surface area contributed by atoms with Crippen molar-refractivity contribution in [3.8, 4) is 0 Å². The smallest absolute Gasteiger partial charge is 0.317 e. The van der Waals surface area contributed by atoms with Gasteiger partial charge in [-0.15, -0.1) is 0 Å². The highest BCUT2D eigenvalue weighted by Gasteiger charge is 2.53. The van der Waals surface area contributed by atoms with Crippen molar-refractivity contribution < 1.29 is 13.2 Å². The van der Waals surface area contributed by atoms with E-state index in [4.69, 9.17) is 23.2 Å². The summed E-state index contributed by atoms with van der Waals surface area (Å²) < 4.78 is 25.5. The topological polar surface area (TPSA) is 69.7 Å². The van der Waals surface area contributed by atoms with Gasteiger partial charge >= 0.3 is 6.03 Å². The molecule has 3 aromatic rings. The molecule has 176 valence electrons. The predicted molar refractivity (Wildman–Crippen MR) is 133 cm³/mol. The number of carbonyl (C=O) groups excluding carboxylic acids is 1. The molecule has 0 radical (unpaired) electrons. The molecule has 1 spiro atoms. The van der Waals surface area contributed by atoms with Crippen LogP contribution in [0.4, 0.5) is 10.5 Å². The van der Waals surface area contributed by atoms with Crippen LogP contribution in [-0.2, 0) is 16.4 Å². The van der Waals surface area contributed by atoms with Crippen LogP contribution in [0.25, 0.3) is 0 Å². The van der Waals surface area contributed by atoms with Crippen LogP contribution in [0.2, 0.25) is 10.0 Å². The minimum absolute atomic E-state index is 0.101. The van der Waals surface area contributed by atoms with Crippen molar-refractivity contribution in [2.75, 3.05) is 31.1 Å². The van der Waals surface area contributed by atoms with E-state index in [-0.39, 0.29) is 21.2 Å². The van der Waals surface area contributed by atoms with Crippen molar-refractivity contribution in [2.45, 2.75) is 16.3 Å². The van der Waals surface area contributed by atoms with Crippen LogP contribution in [0.3, 0.4) is 0 Å². The molecule has 2 aliphatic heterocycles. The molecule has 2 fully saturated rings. The van der Waals surface area contributed by atoms with Gasteiger partial charge in [-0.05, 0) is 54.1 Å². The summed E-state index contributed by atoms with van der Waals surface area (Å²) in [4.78, 5) is 17.1. The highest BCUT2D eigenvalue weighted by Crippen LogP contribution is 2.42. The maximum absolute atomic E-state index is 12.8. The Balaban J connectivity index is 1.13. The number of sulfone groups is 1. The predicted octanol–water partition coefficient (Wildman–Crippen LogP) is 4.86. The van der Waals surface area contributed by atoms with Crippen molar-refractivity contribution >= 4 is 44.8 Å². The number of hydrogen-bond acceptors (Lipinski definition) is 4. The van der Waals surface area contributed by atoms with E-state index < -0.39 is 9.84 Å². The van der Waals surface area contributed by atoms with Crippen LogP contribution < -0.4 is 10.2 Å². The van der Waals surface area contributed by atoms with E-state index in [2.05, 4.69) is 10.2 Å². The Morgan fingerprint density at radius 2 is 1.53 bits per heavy atom. The summed E-state index contributed by atoms with van der Waals surface area (Å²) in [6.07, 6.45) is 0. The second kappa shape index (κ2) is 8.80. The largest absolute Gasteiger partial charge is 0.370 e. The van der Waals surface area contributed by atoms with Gasteiger partial charge in [0, 0.05) is 53.9 Å². The number of nitrogens with one attached hydrogen (secondary N) is 1.